The summed E-state index contributed by atoms with van der Waals surface area (Å²) < 4.78 is 22.3. The Labute approximate surface area is 297 Å². The van der Waals surface area contributed by atoms with Gasteiger partial charge in [-0.25, -0.2) is 8.42 Å². The molecule has 7 nitrogen and oxygen atoms in total. The Hall–Kier alpha value is -4.57. The van der Waals surface area contributed by atoms with Gasteiger partial charge < -0.3 is 5.73 Å². The van der Waals surface area contributed by atoms with E-state index in [1.54, 1.807) is 23.0 Å². The molecule has 1 unspecified atom stereocenters. The average Bonchev–Trinajstić information content (AvgIpc) is 3.86. The normalized spacial score (nSPS) is 18.6. The second kappa shape index (κ2) is 14.3. The zero-order valence-corrected chi connectivity index (χ0v) is 29.4. The van der Waals surface area contributed by atoms with Crippen LogP contribution in [-0.2, 0) is 38.7 Å². The van der Waals surface area contributed by atoms with Gasteiger partial charge in [-0.15, -0.1) is 11.3 Å². The number of hydrogen-bond donors (Lipinski definition) is 2. The Morgan fingerprint density at radius 2 is 1.62 bits per heavy atom. The second-order valence-corrected chi connectivity index (χ2v) is 16.5. The first-order chi connectivity index (χ1) is 24.2. The fraction of sp³-hybridized carbons (Fsp3) is 0.268. The van der Waals surface area contributed by atoms with Crippen LogP contribution in [0.25, 0.3) is 33.2 Å². The number of nitrogens with two attached hydrogens (primary N) is 1. The first-order valence-electron chi connectivity index (χ1n) is 17.2. The first-order valence-corrected chi connectivity index (χ1v) is 19.6. The number of carbonyl (C=O) groups excluding carboxylic acids is 2. The van der Waals surface area contributed by atoms with E-state index in [2.05, 4.69) is 60.7 Å². The van der Waals surface area contributed by atoms with Gasteiger partial charge in [0.1, 0.15) is 0 Å². The van der Waals surface area contributed by atoms with E-state index in [9.17, 15) is 23.2 Å². The molecular weight excluding hydrogens is 665 g/mol. The largest absolute Gasteiger partial charge is 0.370 e. The molecular formula is C41H40N2O5S2. The smallest absolute Gasteiger partial charge is 0.253 e. The highest BCUT2D eigenvalue weighted by molar-refractivity contribution is 7.95. The zero-order chi connectivity index (χ0) is 34.8. The van der Waals surface area contributed by atoms with Crippen LogP contribution >= 0.6 is 11.3 Å². The molecule has 8 rings (SSSR count). The van der Waals surface area contributed by atoms with Crippen molar-refractivity contribution >= 4 is 50.3 Å². The van der Waals surface area contributed by atoms with E-state index >= 15 is 0 Å². The van der Waals surface area contributed by atoms with E-state index in [-0.39, 0.29) is 18.2 Å². The minimum Gasteiger partial charge on any atom is -0.370 e. The van der Waals surface area contributed by atoms with Gasteiger partial charge in [0, 0.05) is 27.5 Å². The van der Waals surface area contributed by atoms with E-state index in [4.69, 9.17) is 5.73 Å². The van der Waals surface area contributed by atoms with Gasteiger partial charge >= 0.3 is 0 Å². The number of primary amides is 1. The van der Waals surface area contributed by atoms with E-state index < -0.39 is 21.0 Å². The molecule has 3 N–H and O–H groups in total. The molecule has 1 aliphatic heterocycles. The molecule has 2 heterocycles. The number of carbonyl (C=O) groups is 2. The Balaban J connectivity index is 0.000000279. The number of hydrogen-bond acceptors (Lipinski definition) is 6. The monoisotopic (exact) mass is 704 g/mol. The van der Waals surface area contributed by atoms with Crippen molar-refractivity contribution in [2.75, 3.05) is 5.06 Å². The summed E-state index contributed by atoms with van der Waals surface area (Å²) in [6.45, 7) is 0. The Morgan fingerprint density at radius 3 is 2.42 bits per heavy atom. The lowest BCUT2D eigenvalue weighted by Gasteiger charge is -2.26. The lowest BCUT2D eigenvalue weighted by atomic mass is 9.78. The third-order valence-corrected chi connectivity index (χ3v) is 13.0. The van der Waals surface area contributed by atoms with Gasteiger partial charge in [-0.1, -0.05) is 85.7 Å². The Bertz CT molecular complexity index is 2150. The highest BCUT2D eigenvalue weighted by Crippen LogP contribution is 2.42. The van der Waals surface area contributed by atoms with Crippen molar-refractivity contribution in [3.8, 4) is 21.6 Å². The van der Waals surface area contributed by atoms with E-state index in [0.717, 1.165) is 72.3 Å². The van der Waals surface area contributed by atoms with Gasteiger partial charge in [0.2, 0.25) is 5.91 Å². The molecule has 1 atom stereocenters. The van der Waals surface area contributed by atoms with E-state index in [0.29, 0.717) is 5.69 Å². The Kier molecular flexibility index (Phi) is 9.73. The number of benzene rings is 3. The van der Waals surface area contributed by atoms with Crippen molar-refractivity contribution in [3.63, 3.8) is 0 Å². The molecule has 0 saturated heterocycles. The standard InChI is InChI=1S/C34H31NO2S.C7H9NO3S/c36-34(23-7-1-2-8-23)35(37)27-10-5-9-25(21-27)32-18-19-33(38-32)26-14-15-29-24(20-26)13-17-30-28-11-4-3-6-22(28)12-16-31(29)30;8-7(9)5-6-3-1-2-4-12(6,10)11/h3-6,9-11,13,17-21,23,37H,1-2,7-8,12,14-16H2;1-4,6H,5H2,(H2,8,9). The molecule has 0 bridgehead atoms. The minimum atomic E-state index is -3.29. The van der Waals surface area contributed by atoms with Crippen molar-refractivity contribution < 1.29 is 23.2 Å². The predicted molar refractivity (Wildman–Crippen MR) is 201 cm³/mol. The van der Waals surface area contributed by atoms with Crippen LogP contribution in [0.2, 0.25) is 0 Å². The number of allylic oxidation sites excluding steroid dienone is 3. The topological polar surface area (TPSA) is 118 Å². The maximum Gasteiger partial charge on any atom is 0.253 e. The van der Waals surface area contributed by atoms with Gasteiger partial charge in [-0.2, -0.15) is 5.06 Å². The van der Waals surface area contributed by atoms with Gasteiger partial charge in [0.15, 0.2) is 9.84 Å². The molecule has 4 aromatic rings. The van der Waals surface area contributed by atoms with Crippen LogP contribution in [0, 0.1) is 5.92 Å². The summed E-state index contributed by atoms with van der Waals surface area (Å²) in [7, 11) is -3.29. The average molecular weight is 705 g/mol. The summed E-state index contributed by atoms with van der Waals surface area (Å²) in [6, 6.07) is 25.6. The third-order valence-electron chi connectivity index (χ3n) is 10.1. The second-order valence-electron chi connectivity index (χ2n) is 13.3. The number of hydroxylamine groups is 1. The maximum absolute atomic E-state index is 12.7. The van der Waals surface area contributed by atoms with Crippen molar-refractivity contribution in [2.45, 2.75) is 63.0 Å². The summed E-state index contributed by atoms with van der Waals surface area (Å²) in [4.78, 5) is 25.6. The molecule has 1 saturated carbocycles. The number of aryl methyl sites for hydroxylation is 1. The van der Waals surface area contributed by atoms with Crippen LogP contribution in [-0.4, -0.2) is 30.7 Å². The SMILES string of the molecule is NC(=O)CC1C=CC=CS1(=O)=O.O=C(C1CCCC1)N(O)c1cccc(-c2ccc(C3=Cc4ccc5c(c4CC3)CCc3ccccc3-5)s2)c1. The summed E-state index contributed by atoms with van der Waals surface area (Å²) in [5.41, 5.74) is 16.6. The minimum absolute atomic E-state index is 0.0570. The van der Waals surface area contributed by atoms with Crippen molar-refractivity contribution in [3.05, 3.63) is 124 Å². The zero-order valence-electron chi connectivity index (χ0n) is 27.8. The number of sulfone groups is 1. The number of nitrogens with zero attached hydrogens (tertiary/aromatic N) is 1. The molecule has 50 heavy (non-hydrogen) atoms. The molecule has 2 amide bonds. The van der Waals surface area contributed by atoms with Crippen LogP contribution in [0.1, 0.15) is 65.7 Å². The van der Waals surface area contributed by atoms with Gasteiger partial charge in [-0.3, -0.25) is 14.8 Å². The summed E-state index contributed by atoms with van der Waals surface area (Å²) in [6.07, 6.45) is 15.0. The van der Waals surface area contributed by atoms with Crippen LogP contribution < -0.4 is 10.8 Å². The lowest BCUT2D eigenvalue weighted by molar-refractivity contribution is -0.127. The van der Waals surface area contributed by atoms with Crippen LogP contribution in [0.3, 0.4) is 0 Å². The quantitative estimate of drug-likeness (QED) is 0.155. The van der Waals surface area contributed by atoms with Crippen molar-refractivity contribution in [1.29, 1.82) is 0 Å². The summed E-state index contributed by atoms with van der Waals surface area (Å²) in [5.74, 6) is -0.842. The maximum atomic E-state index is 12.7. The molecule has 1 aromatic heterocycles. The predicted octanol–water partition coefficient (Wildman–Crippen LogP) is 8.31. The van der Waals surface area contributed by atoms with Gasteiger partial charge in [0.25, 0.3) is 5.91 Å². The molecule has 1 fully saturated rings. The Morgan fingerprint density at radius 1 is 0.840 bits per heavy atom. The van der Waals surface area contributed by atoms with Crippen LogP contribution in [0.5, 0.6) is 0 Å². The first kappa shape index (κ1) is 33.9. The highest BCUT2D eigenvalue weighted by Gasteiger charge is 2.28. The number of fused-ring (bicyclic) bond motifs is 5. The molecule has 4 aliphatic rings. The fourth-order valence-corrected chi connectivity index (χ4v) is 9.78. The third kappa shape index (κ3) is 7.03. The van der Waals surface area contributed by atoms with Crippen LogP contribution in [0.4, 0.5) is 5.69 Å². The van der Waals surface area contributed by atoms with Crippen LogP contribution in [0.15, 0.2) is 96.4 Å². The molecule has 9 heteroatoms. The number of thiophene rings is 1. The van der Waals surface area contributed by atoms with Gasteiger partial charge in [0.05, 0.1) is 10.9 Å². The summed E-state index contributed by atoms with van der Waals surface area (Å²) in [5, 5.41) is 11.8. The van der Waals surface area contributed by atoms with E-state index in [1.165, 1.54) is 50.4 Å². The molecule has 3 aliphatic carbocycles. The molecule has 3 aromatic carbocycles. The number of amides is 2. The summed E-state index contributed by atoms with van der Waals surface area (Å²) >= 11 is 1.79. The molecule has 0 spiro atoms. The number of rotatable bonds is 6. The molecule has 0 radical (unpaired) electrons. The van der Waals surface area contributed by atoms with Crippen molar-refractivity contribution in [1.82, 2.24) is 0 Å². The lowest BCUT2D eigenvalue weighted by Crippen LogP contribution is -2.32. The highest BCUT2D eigenvalue weighted by atomic mass is 32.2. The number of anilines is 1. The van der Waals surface area contributed by atoms with E-state index in [1.807, 2.05) is 18.2 Å². The molecule has 256 valence electrons. The fourth-order valence-electron chi connectivity index (χ4n) is 7.52. The van der Waals surface area contributed by atoms with Gasteiger partial charge in [-0.05, 0) is 107 Å². The van der Waals surface area contributed by atoms with Crippen molar-refractivity contribution in [2.24, 2.45) is 11.7 Å².